The number of rotatable bonds is 8. The molecule has 13 rings (SSSR count). The second kappa shape index (κ2) is 15.7. The molecule has 312 valence electrons. The van der Waals surface area contributed by atoms with Gasteiger partial charge in [0.2, 0.25) is 0 Å². The van der Waals surface area contributed by atoms with Crippen LogP contribution in [-0.4, -0.2) is 14.5 Å². The number of aryl methyl sites for hydroxylation is 3. The van der Waals surface area contributed by atoms with Crippen LogP contribution in [0.15, 0.2) is 213 Å². The highest BCUT2D eigenvalue weighted by Crippen LogP contribution is 2.52. The van der Waals surface area contributed by atoms with Gasteiger partial charge in [0.05, 0.1) is 16.7 Å². The Morgan fingerprint density at radius 2 is 0.909 bits per heavy atom. The highest BCUT2D eigenvalue weighted by molar-refractivity contribution is 6.14. The van der Waals surface area contributed by atoms with Gasteiger partial charge < -0.3 is 5.32 Å². The van der Waals surface area contributed by atoms with Crippen molar-refractivity contribution in [2.75, 3.05) is 5.32 Å². The van der Waals surface area contributed by atoms with Crippen LogP contribution in [0.25, 0.3) is 94.4 Å². The predicted octanol–water partition coefficient (Wildman–Crippen LogP) is 15.5. The molecule has 0 fully saturated rings. The molecule has 4 heteroatoms. The first-order valence-electron chi connectivity index (χ1n) is 23.1. The summed E-state index contributed by atoms with van der Waals surface area (Å²) in [6.07, 6.45) is 7.56. The molecule has 3 aromatic heterocycles. The Morgan fingerprint density at radius 3 is 1.55 bits per heavy atom. The van der Waals surface area contributed by atoms with Gasteiger partial charge in [-0.25, -0.2) is 9.97 Å². The average molecular weight is 845 g/mol. The van der Waals surface area contributed by atoms with E-state index in [1.165, 1.54) is 111 Å². The normalized spacial score (nSPS) is 12.6. The van der Waals surface area contributed by atoms with Crippen LogP contribution in [-0.2, 0) is 25.7 Å². The summed E-state index contributed by atoms with van der Waals surface area (Å²) < 4.78 is 2.43. The molecular formula is C62H44N4. The molecule has 2 aliphatic rings. The number of nitrogens with one attached hydrogen (secondary N) is 1. The Kier molecular flexibility index (Phi) is 9.09. The Hall–Kier alpha value is -8.34. The van der Waals surface area contributed by atoms with Crippen LogP contribution < -0.4 is 5.32 Å². The van der Waals surface area contributed by atoms with Crippen molar-refractivity contribution in [2.45, 2.75) is 25.7 Å². The summed E-state index contributed by atoms with van der Waals surface area (Å²) in [6, 6.07) is 72.6. The van der Waals surface area contributed by atoms with Crippen LogP contribution >= 0.6 is 0 Å². The molecule has 11 aromatic rings. The van der Waals surface area contributed by atoms with E-state index in [4.69, 9.17) is 9.97 Å². The molecule has 4 nitrogen and oxygen atoms in total. The lowest BCUT2D eigenvalue weighted by atomic mass is 9.73. The molecule has 0 bridgehead atoms. The number of benzene rings is 8. The third-order valence-electron chi connectivity index (χ3n) is 13.9. The first kappa shape index (κ1) is 38.1. The Bertz CT molecular complexity index is 3650. The van der Waals surface area contributed by atoms with Gasteiger partial charge in [-0.2, -0.15) is 0 Å². The zero-order chi connectivity index (χ0) is 43.6. The zero-order valence-electron chi connectivity index (χ0n) is 36.4. The molecule has 0 saturated carbocycles. The highest BCUT2D eigenvalue weighted by atomic mass is 15.1. The van der Waals surface area contributed by atoms with Crippen molar-refractivity contribution < 1.29 is 0 Å². The molecule has 3 heterocycles. The fourth-order valence-electron chi connectivity index (χ4n) is 10.9. The van der Waals surface area contributed by atoms with Gasteiger partial charge in [0, 0.05) is 28.7 Å². The molecule has 1 N–H and O–H groups in total. The summed E-state index contributed by atoms with van der Waals surface area (Å²) in [5.41, 5.74) is 24.2. The first-order chi connectivity index (χ1) is 32.7. The highest BCUT2D eigenvalue weighted by Gasteiger charge is 2.33. The fraction of sp³-hybridized carbons (Fsp3) is 0.0645. The summed E-state index contributed by atoms with van der Waals surface area (Å²) in [7, 11) is 0. The summed E-state index contributed by atoms with van der Waals surface area (Å²) >= 11 is 0. The molecule has 8 aromatic carbocycles. The summed E-state index contributed by atoms with van der Waals surface area (Å²) in [5.74, 6) is 1.79. The number of nitrogens with zero attached hydrogens (tertiary/aromatic N) is 3. The lowest BCUT2D eigenvalue weighted by Gasteiger charge is -2.33. The fourth-order valence-corrected chi connectivity index (χ4v) is 10.9. The van der Waals surface area contributed by atoms with E-state index >= 15 is 0 Å². The second-order valence-electron chi connectivity index (χ2n) is 17.7. The molecule has 2 aliphatic carbocycles. The van der Waals surface area contributed by atoms with Crippen LogP contribution in [0.1, 0.15) is 22.3 Å². The molecule has 0 atom stereocenters. The van der Waals surface area contributed by atoms with E-state index in [-0.39, 0.29) is 0 Å². The summed E-state index contributed by atoms with van der Waals surface area (Å²) in [6.45, 7) is 0. The molecule has 0 spiro atoms. The predicted molar refractivity (Wildman–Crippen MR) is 274 cm³/mol. The minimum atomic E-state index is 0.847. The minimum absolute atomic E-state index is 0.847. The van der Waals surface area contributed by atoms with E-state index < -0.39 is 0 Å². The van der Waals surface area contributed by atoms with Crippen molar-refractivity contribution in [1.29, 1.82) is 0 Å². The van der Waals surface area contributed by atoms with E-state index in [0.29, 0.717) is 0 Å². The molecule has 66 heavy (non-hydrogen) atoms. The van der Waals surface area contributed by atoms with Crippen LogP contribution in [0.4, 0.5) is 11.5 Å². The van der Waals surface area contributed by atoms with Crippen molar-refractivity contribution in [3.05, 3.63) is 235 Å². The van der Waals surface area contributed by atoms with E-state index in [1.807, 2.05) is 24.5 Å². The SMILES string of the molecule is c1ccc(-c2cccc(-c3cccc(-c4cc5c6c(c4Nc4ccccn4)CCc4cc7c8cc(-c9cccc(-c%10ccccc%10)c9)ccc8n(-c8ccccn8)c7c(c4-6)CC5)c3)c2)cc1. The van der Waals surface area contributed by atoms with Gasteiger partial charge in [-0.1, -0.05) is 133 Å². The van der Waals surface area contributed by atoms with Gasteiger partial charge in [0.1, 0.15) is 11.6 Å². The van der Waals surface area contributed by atoms with Gasteiger partial charge in [0.25, 0.3) is 0 Å². The Balaban J connectivity index is 0.997. The smallest absolute Gasteiger partial charge is 0.137 e. The average Bonchev–Trinajstić information content (AvgIpc) is 3.72. The standard InChI is InChI=1S/C62H44N4/c1-3-14-40(15-4-1)42-18-11-20-44(34-42)46-22-13-23-48(36-46)53-38-49-27-30-52-60-50(26-29-51(59(49)60)61(53)65-57-24-7-9-32-63-57)39-55-54-37-47(45-21-12-19-43(35-45)41-16-5-2-6-17-41)28-31-56(54)66(62(52)55)58-25-8-10-33-64-58/h1-25,28,31-39H,26-27,29-30H2,(H,63,65). The largest absolute Gasteiger partial charge is 0.339 e. The van der Waals surface area contributed by atoms with E-state index in [2.05, 4.69) is 198 Å². The van der Waals surface area contributed by atoms with Crippen LogP contribution in [0.3, 0.4) is 0 Å². The topological polar surface area (TPSA) is 42.7 Å². The van der Waals surface area contributed by atoms with E-state index in [0.717, 1.165) is 43.0 Å². The second-order valence-corrected chi connectivity index (χ2v) is 17.7. The molecule has 0 amide bonds. The number of aromatic nitrogens is 3. The van der Waals surface area contributed by atoms with Gasteiger partial charge in [-0.05, 0) is 176 Å². The van der Waals surface area contributed by atoms with Crippen LogP contribution in [0.2, 0.25) is 0 Å². The molecule has 0 aliphatic heterocycles. The maximum atomic E-state index is 5.00. The molecule has 0 unspecified atom stereocenters. The van der Waals surface area contributed by atoms with Crippen LogP contribution in [0.5, 0.6) is 0 Å². The van der Waals surface area contributed by atoms with Gasteiger partial charge in [0.15, 0.2) is 0 Å². The van der Waals surface area contributed by atoms with E-state index in [1.54, 1.807) is 0 Å². The molecule has 0 radical (unpaired) electrons. The monoisotopic (exact) mass is 844 g/mol. The first-order valence-corrected chi connectivity index (χ1v) is 23.1. The van der Waals surface area contributed by atoms with Gasteiger partial charge >= 0.3 is 0 Å². The Morgan fingerprint density at radius 1 is 0.379 bits per heavy atom. The number of pyridine rings is 2. The van der Waals surface area contributed by atoms with Crippen LogP contribution in [0, 0.1) is 0 Å². The van der Waals surface area contributed by atoms with Crippen molar-refractivity contribution in [3.8, 4) is 72.6 Å². The third-order valence-corrected chi connectivity index (χ3v) is 13.9. The quantitative estimate of drug-likeness (QED) is 0.166. The minimum Gasteiger partial charge on any atom is -0.339 e. The van der Waals surface area contributed by atoms with Crippen molar-refractivity contribution in [2.24, 2.45) is 0 Å². The van der Waals surface area contributed by atoms with Crippen molar-refractivity contribution >= 4 is 33.3 Å². The number of fused-ring (bicyclic) bond motifs is 4. The van der Waals surface area contributed by atoms with Gasteiger partial charge in [-0.15, -0.1) is 0 Å². The van der Waals surface area contributed by atoms with Crippen molar-refractivity contribution in [1.82, 2.24) is 14.5 Å². The number of anilines is 2. The number of hydrogen-bond donors (Lipinski definition) is 1. The summed E-state index contributed by atoms with van der Waals surface area (Å²) in [4.78, 5) is 9.79. The maximum Gasteiger partial charge on any atom is 0.137 e. The lowest BCUT2D eigenvalue weighted by Crippen LogP contribution is -2.17. The van der Waals surface area contributed by atoms with Crippen molar-refractivity contribution in [3.63, 3.8) is 0 Å². The zero-order valence-corrected chi connectivity index (χ0v) is 36.4. The number of hydrogen-bond acceptors (Lipinski definition) is 3. The van der Waals surface area contributed by atoms with E-state index in [9.17, 15) is 0 Å². The molecule has 0 saturated heterocycles. The molecular weight excluding hydrogens is 801 g/mol. The van der Waals surface area contributed by atoms with Gasteiger partial charge in [-0.3, -0.25) is 4.57 Å². The Labute approximate surface area is 384 Å². The summed E-state index contributed by atoms with van der Waals surface area (Å²) in [5, 5.41) is 6.46. The maximum absolute atomic E-state index is 5.00. The third kappa shape index (κ3) is 6.44. The lowest BCUT2D eigenvalue weighted by molar-refractivity contribution is 0.880.